The molecule has 0 aliphatic heterocycles. The number of rotatable bonds is 5. The van der Waals surface area contributed by atoms with Gasteiger partial charge in [0, 0.05) is 18.7 Å². The van der Waals surface area contributed by atoms with Crippen LogP contribution >= 0.6 is 0 Å². The summed E-state index contributed by atoms with van der Waals surface area (Å²) in [6, 6.07) is 1.98. The summed E-state index contributed by atoms with van der Waals surface area (Å²) in [6.45, 7) is 4.75. The molecule has 0 bridgehead atoms. The first-order valence-corrected chi connectivity index (χ1v) is 5.65. The Bertz CT molecular complexity index is 516. The molecule has 1 amide bonds. The zero-order chi connectivity index (χ0) is 13.0. The highest BCUT2D eigenvalue weighted by Crippen LogP contribution is 2.02. The SMILES string of the molecule is Cc1cc(C)n(CCC(=O)NCc2nn[nH]n2)n1. The second kappa shape index (κ2) is 5.39. The molecular formula is C10H15N7O. The Kier molecular flexibility index (Phi) is 3.66. The Labute approximate surface area is 104 Å². The Morgan fingerprint density at radius 2 is 2.33 bits per heavy atom. The predicted octanol–water partition coefficient (Wildman–Crippen LogP) is -0.280. The fourth-order valence-electron chi connectivity index (χ4n) is 1.63. The lowest BCUT2D eigenvalue weighted by Crippen LogP contribution is -2.24. The second-order valence-electron chi connectivity index (χ2n) is 4.01. The molecule has 18 heavy (non-hydrogen) atoms. The highest BCUT2D eigenvalue weighted by atomic mass is 16.1. The number of tetrazole rings is 1. The zero-order valence-electron chi connectivity index (χ0n) is 10.3. The largest absolute Gasteiger partial charge is 0.349 e. The van der Waals surface area contributed by atoms with E-state index in [2.05, 4.69) is 31.0 Å². The van der Waals surface area contributed by atoms with Gasteiger partial charge in [-0.1, -0.05) is 5.21 Å². The lowest BCUT2D eigenvalue weighted by Gasteiger charge is -2.04. The third-order valence-corrected chi connectivity index (χ3v) is 2.49. The molecule has 8 heteroatoms. The molecule has 0 aromatic carbocycles. The number of nitrogens with zero attached hydrogens (tertiary/aromatic N) is 5. The minimum Gasteiger partial charge on any atom is -0.349 e. The van der Waals surface area contributed by atoms with Crippen LogP contribution in [0.4, 0.5) is 0 Å². The molecule has 0 atom stereocenters. The number of hydrogen-bond donors (Lipinski definition) is 2. The van der Waals surface area contributed by atoms with E-state index in [1.165, 1.54) is 0 Å². The first-order chi connectivity index (χ1) is 8.65. The van der Waals surface area contributed by atoms with Crippen molar-refractivity contribution in [3.8, 4) is 0 Å². The number of amides is 1. The molecule has 0 aliphatic rings. The van der Waals surface area contributed by atoms with Gasteiger partial charge in [0.1, 0.15) is 0 Å². The van der Waals surface area contributed by atoms with E-state index in [4.69, 9.17) is 0 Å². The lowest BCUT2D eigenvalue weighted by atomic mass is 10.3. The van der Waals surface area contributed by atoms with Gasteiger partial charge in [0.15, 0.2) is 5.82 Å². The van der Waals surface area contributed by atoms with E-state index in [-0.39, 0.29) is 12.5 Å². The molecule has 8 nitrogen and oxygen atoms in total. The summed E-state index contributed by atoms with van der Waals surface area (Å²) in [7, 11) is 0. The molecule has 2 aromatic rings. The van der Waals surface area contributed by atoms with Crippen LogP contribution in [0.15, 0.2) is 6.07 Å². The van der Waals surface area contributed by atoms with Gasteiger partial charge in [0.2, 0.25) is 5.91 Å². The molecule has 2 rings (SSSR count). The van der Waals surface area contributed by atoms with Crippen molar-refractivity contribution >= 4 is 5.91 Å². The number of aromatic amines is 1. The number of aromatic nitrogens is 6. The van der Waals surface area contributed by atoms with E-state index < -0.39 is 0 Å². The smallest absolute Gasteiger partial charge is 0.222 e. The summed E-state index contributed by atoms with van der Waals surface area (Å²) in [5.41, 5.74) is 2.01. The van der Waals surface area contributed by atoms with E-state index in [0.29, 0.717) is 18.8 Å². The molecule has 0 saturated heterocycles. The Hall–Kier alpha value is -2.25. The Morgan fingerprint density at radius 1 is 1.50 bits per heavy atom. The molecule has 2 N–H and O–H groups in total. The molecule has 0 aliphatic carbocycles. The van der Waals surface area contributed by atoms with Crippen molar-refractivity contribution < 1.29 is 4.79 Å². The van der Waals surface area contributed by atoms with Crippen molar-refractivity contribution in [2.75, 3.05) is 0 Å². The number of aryl methyl sites for hydroxylation is 3. The molecule has 0 saturated carbocycles. The molecule has 0 fully saturated rings. The molecule has 96 valence electrons. The van der Waals surface area contributed by atoms with Crippen LogP contribution in [0.3, 0.4) is 0 Å². The lowest BCUT2D eigenvalue weighted by molar-refractivity contribution is -0.121. The van der Waals surface area contributed by atoms with Crippen molar-refractivity contribution in [1.82, 2.24) is 35.7 Å². The molecular weight excluding hydrogens is 234 g/mol. The quantitative estimate of drug-likeness (QED) is 0.758. The van der Waals surface area contributed by atoms with Crippen molar-refractivity contribution in [3.05, 3.63) is 23.3 Å². The number of hydrogen-bond acceptors (Lipinski definition) is 5. The minimum atomic E-state index is -0.0626. The first-order valence-electron chi connectivity index (χ1n) is 5.65. The molecule has 2 heterocycles. The van der Waals surface area contributed by atoms with E-state index in [9.17, 15) is 4.79 Å². The molecule has 2 aromatic heterocycles. The van der Waals surface area contributed by atoms with Gasteiger partial charge >= 0.3 is 0 Å². The predicted molar refractivity (Wildman–Crippen MR) is 62.3 cm³/mol. The third kappa shape index (κ3) is 3.12. The Balaban J connectivity index is 1.76. The summed E-state index contributed by atoms with van der Waals surface area (Å²) in [6.07, 6.45) is 0.375. The highest BCUT2D eigenvalue weighted by molar-refractivity contribution is 5.75. The van der Waals surface area contributed by atoms with E-state index in [1.54, 1.807) is 0 Å². The van der Waals surface area contributed by atoms with Gasteiger partial charge in [-0.2, -0.15) is 10.3 Å². The van der Waals surface area contributed by atoms with Crippen molar-refractivity contribution in [2.45, 2.75) is 33.4 Å². The molecule has 0 spiro atoms. The second-order valence-corrected chi connectivity index (χ2v) is 4.01. The van der Waals surface area contributed by atoms with Gasteiger partial charge in [-0.05, 0) is 19.9 Å². The maximum absolute atomic E-state index is 11.6. The van der Waals surface area contributed by atoms with Gasteiger partial charge < -0.3 is 5.32 Å². The third-order valence-electron chi connectivity index (χ3n) is 2.49. The minimum absolute atomic E-state index is 0.0626. The van der Waals surface area contributed by atoms with Gasteiger partial charge in [-0.3, -0.25) is 9.48 Å². The van der Waals surface area contributed by atoms with Crippen LogP contribution in [0.25, 0.3) is 0 Å². The maximum Gasteiger partial charge on any atom is 0.222 e. The monoisotopic (exact) mass is 249 g/mol. The van der Waals surface area contributed by atoms with Crippen molar-refractivity contribution in [3.63, 3.8) is 0 Å². The first kappa shape index (κ1) is 12.2. The molecule has 0 unspecified atom stereocenters. The summed E-state index contributed by atoms with van der Waals surface area (Å²) in [5, 5.41) is 20.2. The van der Waals surface area contributed by atoms with Gasteiger partial charge in [-0.25, -0.2) is 0 Å². The normalized spacial score (nSPS) is 10.6. The van der Waals surface area contributed by atoms with Gasteiger partial charge in [-0.15, -0.1) is 10.2 Å². The fourth-order valence-corrected chi connectivity index (χ4v) is 1.63. The zero-order valence-corrected chi connectivity index (χ0v) is 10.3. The number of nitrogens with one attached hydrogen (secondary N) is 2. The van der Waals surface area contributed by atoms with E-state index in [1.807, 2.05) is 24.6 Å². The van der Waals surface area contributed by atoms with Crippen LogP contribution < -0.4 is 5.32 Å². The summed E-state index contributed by atoms with van der Waals surface area (Å²) in [4.78, 5) is 11.6. The van der Waals surface area contributed by atoms with Crippen LogP contribution in [0, 0.1) is 13.8 Å². The number of H-pyrrole nitrogens is 1. The summed E-state index contributed by atoms with van der Waals surface area (Å²) in [5.74, 6) is 0.404. The van der Waals surface area contributed by atoms with E-state index in [0.717, 1.165) is 11.4 Å². The summed E-state index contributed by atoms with van der Waals surface area (Å²) < 4.78 is 1.82. The standard InChI is InChI=1S/C10H15N7O/c1-7-5-8(2)17(14-7)4-3-10(18)11-6-9-12-15-16-13-9/h5H,3-4,6H2,1-2H3,(H,11,18)(H,12,13,15,16). The number of carbonyl (C=O) groups is 1. The molecule has 0 radical (unpaired) electrons. The van der Waals surface area contributed by atoms with Crippen LogP contribution in [-0.4, -0.2) is 36.3 Å². The average Bonchev–Trinajstić information content (AvgIpc) is 2.94. The maximum atomic E-state index is 11.6. The highest BCUT2D eigenvalue weighted by Gasteiger charge is 2.06. The van der Waals surface area contributed by atoms with Gasteiger partial charge in [0.25, 0.3) is 0 Å². The van der Waals surface area contributed by atoms with Crippen LogP contribution in [0.1, 0.15) is 23.6 Å². The fraction of sp³-hybridized carbons (Fsp3) is 0.500. The number of carbonyl (C=O) groups excluding carboxylic acids is 1. The topological polar surface area (TPSA) is 101 Å². The van der Waals surface area contributed by atoms with Crippen LogP contribution in [0.5, 0.6) is 0 Å². The average molecular weight is 249 g/mol. The van der Waals surface area contributed by atoms with Crippen molar-refractivity contribution in [1.29, 1.82) is 0 Å². The van der Waals surface area contributed by atoms with Gasteiger partial charge in [0.05, 0.1) is 12.2 Å². The van der Waals surface area contributed by atoms with Crippen LogP contribution in [-0.2, 0) is 17.9 Å². The Morgan fingerprint density at radius 3 is 2.94 bits per heavy atom. The van der Waals surface area contributed by atoms with Crippen LogP contribution in [0.2, 0.25) is 0 Å². The van der Waals surface area contributed by atoms with E-state index >= 15 is 0 Å². The van der Waals surface area contributed by atoms with Crippen molar-refractivity contribution in [2.24, 2.45) is 0 Å². The summed E-state index contributed by atoms with van der Waals surface area (Å²) >= 11 is 0.